The predicted molar refractivity (Wildman–Crippen MR) is 226 cm³/mol. The van der Waals surface area contributed by atoms with E-state index < -0.39 is 60.8 Å². The molecule has 5 atom stereocenters. The van der Waals surface area contributed by atoms with Gasteiger partial charge < -0.3 is 30.7 Å². The number of aliphatic hydroxyl groups is 1. The van der Waals surface area contributed by atoms with Gasteiger partial charge in [-0.25, -0.2) is 14.2 Å². The first-order valence-corrected chi connectivity index (χ1v) is 20.5. The highest BCUT2D eigenvalue weighted by Crippen LogP contribution is 2.35. The molecule has 4 aromatic rings. The molecule has 11 nitrogen and oxygen atoms in total. The standard InChI is InChI=1S/C45H49ClF5N7O4/c1-44(2,26-47)41(56-43(61)62-3)42(60)55-38(39(59)23-52-22-34-35(46)19-31(20-36(34)48)37-6-4-5-17-53-37)18-29-10-7-28(8-11-29)9-12-30-13-16-40(54-21-30)57-24-32-14-15-33(25-57)58(32)27-45(49,50)51/h4-8,10-11,13,16-17,19-21,32-33,38-39,41,52,59H,14-15,18,22-27H2,1-3H3,(H,55,60)(H,56,61)/t32?,33?,38-,39-,41+/m0/s1. The molecule has 330 valence electrons. The van der Waals surface area contributed by atoms with Crippen LogP contribution in [0.25, 0.3) is 11.3 Å². The van der Waals surface area contributed by atoms with Gasteiger partial charge in [0.15, 0.2) is 0 Å². The number of piperazine rings is 1. The highest BCUT2D eigenvalue weighted by molar-refractivity contribution is 6.31. The summed E-state index contributed by atoms with van der Waals surface area (Å²) in [6.45, 7) is 1.88. The van der Waals surface area contributed by atoms with E-state index >= 15 is 4.39 Å². The van der Waals surface area contributed by atoms with Crippen molar-refractivity contribution < 1.29 is 41.4 Å². The number of benzene rings is 2. The average molecular weight is 882 g/mol. The Morgan fingerprint density at radius 1 is 0.984 bits per heavy atom. The van der Waals surface area contributed by atoms with Crippen molar-refractivity contribution in [2.24, 2.45) is 5.41 Å². The van der Waals surface area contributed by atoms with Crippen molar-refractivity contribution in [3.63, 3.8) is 0 Å². The minimum Gasteiger partial charge on any atom is -0.453 e. The summed E-state index contributed by atoms with van der Waals surface area (Å²) in [7, 11) is 1.12. The first-order chi connectivity index (χ1) is 29.5. The number of alkyl carbamates (subject to hydrolysis) is 1. The highest BCUT2D eigenvalue weighted by Gasteiger charge is 2.45. The second-order valence-electron chi connectivity index (χ2n) is 16.3. The van der Waals surface area contributed by atoms with Gasteiger partial charge in [-0.05, 0) is 73.4 Å². The van der Waals surface area contributed by atoms with E-state index in [-0.39, 0.29) is 42.2 Å². The molecule has 0 spiro atoms. The molecule has 0 aliphatic carbocycles. The zero-order valence-electron chi connectivity index (χ0n) is 34.5. The third kappa shape index (κ3) is 12.0. The molecule has 2 aromatic carbocycles. The zero-order valence-corrected chi connectivity index (χ0v) is 35.2. The third-order valence-electron chi connectivity index (χ3n) is 11.2. The molecule has 4 N–H and O–H groups in total. The zero-order chi connectivity index (χ0) is 44.6. The summed E-state index contributed by atoms with van der Waals surface area (Å²) < 4.78 is 73.5. The molecule has 2 unspecified atom stereocenters. The van der Waals surface area contributed by atoms with Crippen LogP contribution < -0.4 is 20.9 Å². The quantitative estimate of drug-likeness (QED) is 0.0787. The first-order valence-electron chi connectivity index (χ1n) is 20.2. The molecule has 62 heavy (non-hydrogen) atoms. The Bertz CT molecular complexity index is 2190. The number of halogens is 6. The number of carbonyl (C=O) groups excluding carboxylic acids is 2. The van der Waals surface area contributed by atoms with Gasteiger partial charge in [-0.2, -0.15) is 13.2 Å². The average Bonchev–Trinajstić information content (AvgIpc) is 3.45. The van der Waals surface area contributed by atoms with Gasteiger partial charge in [-0.15, -0.1) is 0 Å². The Labute approximate surface area is 362 Å². The second-order valence-corrected chi connectivity index (χ2v) is 16.7. The number of hydrogen-bond donors (Lipinski definition) is 4. The maximum atomic E-state index is 15.3. The molecule has 6 rings (SSSR count). The van der Waals surface area contributed by atoms with Gasteiger partial charge in [0.25, 0.3) is 0 Å². The van der Waals surface area contributed by atoms with Crippen molar-refractivity contribution in [2.75, 3.05) is 44.9 Å². The van der Waals surface area contributed by atoms with Gasteiger partial charge in [0.1, 0.15) is 17.7 Å². The third-order valence-corrected chi connectivity index (χ3v) is 11.5. The number of alkyl halides is 4. The van der Waals surface area contributed by atoms with E-state index in [1.54, 1.807) is 65.8 Å². The van der Waals surface area contributed by atoms with E-state index in [1.165, 1.54) is 19.9 Å². The van der Waals surface area contributed by atoms with Crippen molar-refractivity contribution in [1.82, 2.24) is 30.8 Å². The molecule has 2 aromatic heterocycles. The van der Waals surface area contributed by atoms with Crippen LogP contribution >= 0.6 is 11.6 Å². The number of anilines is 1. The van der Waals surface area contributed by atoms with Gasteiger partial charge >= 0.3 is 12.3 Å². The van der Waals surface area contributed by atoms with Gasteiger partial charge in [-0.3, -0.25) is 19.1 Å². The number of hydrogen-bond acceptors (Lipinski definition) is 9. The lowest BCUT2D eigenvalue weighted by Gasteiger charge is -2.41. The molecular formula is C45H49ClF5N7O4. The summed E-state index contributed by atoms with van der Waals surface area (Å²) in [5, 5.41) is 19.8. The molecule has 2 fully saturated rings. The summed E-state index contributed by atoms with van der Waals surface area (Å²) in [4.78, 5) is 38.3. The maximum Gasteiger partial charge on any atom is 0.407 e. The predicted octanol–water partition coefficient (Wildman–Crippen LogP) is 6.45. The van der Waals surface area contributed by atoms with Crippen molar-refractivity contribution in [1.29, 1.82) is 0 Å². The van der Waals surface area contributed by atoms with Crippen LogP contribution in [0.2, 0.25) is 5.02 Å². The van der Waals surface area contributed by atoms with Gasteiger partial charge in [0, 0.05) is 83.3 Å². The van der Waals surface area contributed by atoms with E-state index in [4.69, 9.17) is 11.6 Å². The van der Waals surface area contributed by atoms with Gasteiger partial charge in [0.2, 0.25) is 5.91 Å². The normalized spacial score (nSPS) is 18.0. The largest absolute Gasteiger partial charge is 0.453 e. The second kappa shape index (κ2) is 20.2. The summed E-state index contributed by atoms with van der Waals surface area (Å²) in [5.74, 6) is 5.55. The van der Waals surface area contributed by atoms with E-state index in [9.17, 15) is 32.3 Å². The van der Waals surface area contributed by atoms with E-state index in [0.717, 1.165) is 20.0 Å². The number of aliphatic hydroxyl groups excluding tert-OH is 1. The SMILES string of the molecule is COC(=O)N[C@H](C(=O)N[C@@H](Cc1ccc(C#Cc2ccc(N3CC4CCC(C3)N4CC(F)(F)F)nc2)cc1)[C@@H](O)CNCc1c(F)cc(-c2ccccn2)cc1Cl)C(C)(C)CF. The fourth-order valence-electron chi connectivity index (χ4n) is 7.77. The Kier molecular flexibility index (Phi) is 15.1. The van der Waals surface area contributed by atoms with E-state index in [0.29, 0.717) is 46.9 Å². The smallest absolute Gasteiger partial charge is 0.407 e. The number of amides is 2. The number of pyridine rings is 2. The fraction of sp³-hybridized carbons (Fsp3) is 0.422. The van der Waals surface area contributed by atoms with Crippen molar-refractivity contribution in [3.8, 4) is 23.1 Å². The number of nitrogens with zero attached hydrogens (tertiary/aromatic N) is 4. The number of ether oxygens (including phenoxy) is 1. The molecule has 17 heteroatoms. The Hall–Kier alpha value is -5.34. The molecule has 2 aliphatic rings. The van der Waals surface area contributed by atoms with E-state index in [1.807, 2.05) is 17.0 Å². The lowest BCUT2D eigenvalue weighted by molar-refractivity contribution is -0.153. The number of rotatable bonds is 15. The summed E-state index contributed by atoms with van der Waals surface area (Å²) in [6.07, 6.45) is -1.64. The summed E-state index contributed by atoms with van der Waals surface area (Å²) in [5.41, 5.74) is 1.89. The topological polar surface area (TPSA) is 132 Å². The van der Waals surface area contributed by atoms with Crippen LogP contribution in [-0.4, -0.2) is 108 Å². The summed E-state index contributed by atoms with van der Waals surface area (Å²) >= 11 is 6.47. The highest BCUT2D eigenvalue weighted by atomic mass is 35.5. The lowest BCUT2D eigenvalue weighted by Crippen LogP contribution is -2.59. The molecule has 2 bridgehead atoms. The van der Waals surface area contributed by atoms with Crippen molar-refractivity contribution in [3.05, 3.63) is 112 Å². The van der Waals surface area contributed by atoms with Gasteiger partial charge in [0.05, 0.1) is 38.2 Å². The van der Waals surface area contributed by atoms with Crippen LogP contribution in [0.3, 0.4) is 0 Å². The minimum atomic E-state index is -4.23. The molecule has 0 saturated carbocycles. The van der Waals surface area contributed by atoms with Crippen LogP contribution in [-0.2, 0) is 22.5 Å². The number of fused-ring (bicyclic) bond motifs is 2. The van der Waals surface area contributed by atoms with Crippen LogP contribution in [0.4, 0.5) is 32.6 Å². The maximum absolute atomic E-state index is 15.3. The number of aromatic nitrogens is 2. The fourth-order valence-corrected chi connectivity index (χ4v) is 8.05. The Morgan fingerprint density at radius 2 is 1.68 bits per heavy atom. The Balaban J connectivity index is 1.12. The minimum absolute atomic E-state index is 0.0544. The molecule has 2 saturated heterocycles. The number of carbonyl (C=O) groups is 2. The van der Waals surface area contributed by atoms with Crippen LogP contribution in [0.5, 0.6) is 0 Å². The first kappa shape index (κ1) is 46.2. The molecule has 2 aliphatic heterocycles. The number of methoxy groups -OCH3 is 1. The van der Waals surface area contributed by atoms with Crippen molar-refractivity contribution >= 4 is 29.4 Å². The van der Waals surface area contributed by atoms with Crippen LogP contribution in [0.1, 0.15) is 48.9 Å². The van der Waals surface area contributed by atoms with E-state index in [2.05, 4.69) is 42.5 Å². The lowest BCUT2D eigenvalue weighted by atomic mass is 9.85. The summed E-state index contributed by atoms with van der Waals surface area (Å²) in [6, 6.07) is 16.3. The van der Waals surface area contributed by atoms with Crippen molar-refractivity contribution in [2.45, 2.75) is 76.1 Å². The Morgan fingerprint density at radius 3 is 2.27 bits per heavy atom. The molecule has 0 radical (unpaired) electrons. The van der Waals surface area contributed by atoms with Crippen LogP contribution in [0, 0.1) is 23.1 Å². The monoisotopic (exact) mass is 881 g/mol. The molecular weight excluding hydrogens is 833 g/mol. The van der Waals surface area contributed by atoms with Gasteiger partial charge in [-0.1, -0.05) is 55.5 Å². The number of nitrogens with one attached hydrogen (secondary N) is 3. The molecule has 2 amide bonds. The molecule has 4 heterocycles. The van der Waals surface area contributed by atoms with Crippen LogP contribution in [0.15, 0.2) is 79.1 Å².